The normalized spacial score (nSPS) is 17.7. The molecule has 0 unspecified atom stereocenters. The van der Waals surface area contributed by atoms with Gasteiger partial charge in [-0.05, 0) is 55.0 Å². The van der Waals surface area contributed by atoms with Crippen molar-refractivity contribution in [1.29, 1.82) is 0 Å². The standard InChI is InChI=1S/C27H35N5O4S/c1-20-18-23(24(33)28-2)11-10-22(20)12-17-37(35,36)32-15-13-27(14-16-32)25(34)31(4)26(29-27)30(3)19-21-8-6-5-7-9-21/h5-11,18H,12-17,19H2,1-4H3,(H,28,33). The van der Waals surface area contributed by atoms with Crippen LogP contribution < -0.4 is 5.32 Å². The molecule has 0 atom stereocenters. The van der Waals surface area contributed by atoms with Crippen molar-refractivity contribution in [1.82, 2.24) is 19.4 Å². The summed E-state index contributed by atoms with van der Waals surface area (Å²) in [5, 5.41) is 2.59. The zero-order valence-electron chi connectivity index (χ0n) is 21.9. The van der Waals surface area contributed by atoms with Gasteiger partial charge in [0, 0.05) is 46.3 Å². The van der Waals surface area contributed by atoms with Gasteiger partial charge in [-0.3, -0.25) is 14.5 Å². The van der Waals surface area contributed by atoms with Gasteiger partial charge >= 0.3 is 0 Å². The van der Waals surface area contributed by atoms with E-state index in [0.717, 1.165) is 16.7 Å². The molecule has 10 heteroatoms. The number of guanidine groups is 1. The number of benzene rings is 2. The topological polar surface area (TPSA) is 102 Å². The summed E-state index contributed by atoms with van der Waals surface area (Å²) in [7, 11) is 1.72. The molecule has 0 bridgehead atoms. The molecule has 4 rings (SSSR count). The van der Waals surface area contributed by atoms with Crippen molar-refractivity contribution < 1.29 is 18.0 Å². The fourth-order valence-electron chi connectivity index (χ4n) is 5.08. The summed E-state index contributed by atoms with van der Waals surface area (Å²) in [5.41, 5.74) is 2.54. The molecule has 2 aliphatic heterocycles. The molecule has 1 saturated heterocycles. The van der Waals surface area contributed by atoms with Crippen LogP contribution in [0.5, 0.6) is 0 Å². The molecule has 1 N–H and O–H groups in total. The monoisotopic (exact) mass is 525 g/mol. The predicted molar refractivity (Wildman–Crippen MR) is 144 cm³/mol. The molecule has 1 spiro atoms. The van der Waals surface area contributed by atoms with Gasteiger partial charge < -0.3 is 10.2 Å². The Bertz CT molecular complexity index is 1300. The fraction of sp³-hybridized carbons (Fsp3) is 0.444. The second-order valence-electron chi connectivity index (χ2n) is 9.83. The van der Waals surface area contributed by atoms with Gasteiger partial charge in [-0.1, -0.05) is 36.4 Å². The first-order chi connectivity index (χ1) is 17.6. The molecule has 37 heavy (non-hydrogen) atoms. The van der Waals surface area contributed by atoms with Crippen molar-refractivity contribution in [3.8, 4) is 0 Å². The second-order valence-corrected chi connectivity index (χ2v) is 11.9. The summed E-state index contributed by atoms with van der Waals surface area (Å²) in [5.74, 6) is 0.336. The van der Waals surface area contributed by atoms with Crippen molar-refractivity contribution in [3.05, 3.63) is 70.8 Å². The van der Waals surface area contributed by atoms with E-state index in [4.69, 9.17) is 4.99 Å². The highest BCUT2D eigenvalue weighted by atomic mass is 32.2. The van der Waals surface area contributed by atoms with Crippen LogP contribution >= 0.6 is 0 Å². The van der Waals surface area contributed by atoms with Crippen LogP contribution in [0.2, 0.25) is 0 Å². The van der Waals surface area contributed by atoms with Gasteiger partial charge in [0.2, 0.25) is 16.0 Å². The van der Waals surface area contributed by atoms with Crippen LogP contribution in [0.4, 0.5) is 0 Å². The van der Waals surface area contributed by atoms with Gasteiger partial charge in [-0.15, -0.1) is 0 Å². The molecular weight excluding hydrogens is 490 g/mol. The maximum Gasteiger partial charge on any atom is 0.257 e. The number of likely N-dealkylation sites (N-methyl/N-ethyl adjacent to an activating group) is 1. The van der Waals surface area contributed by atoms with Gasteiger partial charge in [0.1, 0.15) is 5.54 Å². The molecule has 1 fully saturated rings. The number of hydrogen-bond acceptors (Lipinski definition) is 6. The summed E-state index contributed by atoms with van der Waals surface area (Å²) in [6.45, 7) is 3.02. The third-order valence-electron chi connectivity index (χ3n) is 7.32. The summed E-state index contributed by atoms with van der Waals surface area (Å²) < 4.78 is 27.8. The van der Waals surface area contributed by atoms with Crippen LogP contribution in [0.25, 0.3) is 0 Å². The summed E-state index contributed by atoms with van der Waals surface area (Å²) in [6, 6.07) is 15.3. The number of sulfonamides is 1. The van der Waals surface area contributed by atoms with E-state index in [1.807, 2.05) is 55.3 Å². The first-order valence-corrected chi connectivity index (χ1v) is 14.1. The van der Waals surface area contributed by atoms with E-state index in [9.17, 15) is 18.0 Å². The van der Waals surface area contributed by atoms with E-state index >= 15 is 0 Å². The molecule has 2 aromatic rings. The SMILES string of the molecule is CNC(=O)c1ccc(CCS(=O)(=O)N2CCC3(CC2)N=C(N(C)Cc2ccccc2)N(C)C3=O)c(C)c1. The van der Waals surface area contributed by atoms with E-state index in [1.165, 1.54) is 4.31 Å². The van der Waals surface area contributed by atoms with Crippen LogP contribution in [-0.2, 0) is 27.8 Å². The molecule has 198 valence electrons. The molecule has 2 aliphatic rings. The number of nitrogens with one attached hydrogen (secondary N) is 1. The van der Waals surface area contributed by atoms with Crippen molar-refractivity contribution >= 4 is 27.8 Å². The van der Waals surface area contributed by atoms with E-state index in [-0.39, 0.29) is 30.7 Å². The number of carbonyl (C=O) groups is 2. The lowest BCUT2D eigenvalue weighted by Gasteiger charge is -2.35. The average Bonchev–Trinajstić information content (AvgIpc) is 3.13. The van der Waals surface area contributed by atoms with Crippen LogP contribution in [0.3, 0.4) is 0 Å². The third kappa shape index (κ3) is 5.55. The second kappa shape index (κ2) is 10.6. The molecular formula is C27H35N5O4S. The van der Waals surface area contributed by atoms with Crippen molar-refractivity contribution in [2.75, 3.05) is 40.0 Å². The Balaban J connectivity index is 1.39. The highest BCUT2D eigenvalue weighted by Crippen LogP contribution is 2.34. The quantitative estimate of drug-likeness (QED) is 0.596. The zero-order chi connectivity index (χ0) is 26.8. The number of hydrogen-bond donors (Lipinski definition) is 1. The molecule has 2 aromatic carbocycles. The summed E-state index contributed by atoms with van der Waals surface area (Å²) in [4.78, 5) is 33.5. The molecule has 2 amide bonds. The highest BCUT2D eigenvalue weighted by Gasteiger charge is 2.50. The summed E-state index contributed by atoms with van der Waals surface area (Å²) >= 11 is 0. The van der Waals surface area contributed by atoms with E-state index < -0.39 is 15.6 Å². The highest BCUT2D eigenvalue weighted by molar-refractivity contribution is 7.89. The Morgan fingerprint density at radius 3 is 2.43 bits per heavy atom. The van der Waals surface area contributed by atoms with Gasteiger partial charge in [-0.25, -0.2) is 17.7 Å². The van der Waals surface area contributed by atoms with Crippen molar-refractivity contribution in [2.24, 2.45) is 4.99 Å². The van der Waals surface area contributed by atoms with Crippen LogP contribution in [0.15, 0.2) is 53.5 Å². The lowest BCUT2D eigenvalue weighted by molar-refractivity contribution is -0.131. The fourth-order valence-corrected chi connectivity index (χ4v) is 6.55. The van der Waals surface area contributed by atoms with Gasteiger partial charge in [0.15, 0.2) is 0 Å². The number of rotatable bonds is 7. The maximum atomic E-state index is 13.2. The summed E-state index contributed by atoms with van der Waals surface area (Å²) in [6.07, 6.45) is 1.08. The van der Waals surface area contributed by atoms with E-state index in [2.05, 4.69) is 5.32 Å². The minimum absolute atomic E-state index is 0.0255. The van der Waals surface area contributed by atoms with Gasteiger partial charge in [-0.2, -0.15) is 0 Å². The minimum Gasteiger partial charge on any atom is -0.355 e. The Kier molecular flexibility index (Phi) is 7.70. The first-order valence-electron chi connectivity index (χ1n) is 12.5. The minimum atomic E-state index is -3.51. The van der Waals surface area contributed by atoms with Gasteiger partial charge in [0.05, 0.1) is 5.75 Å². The Morgan fingerprint density at radius 2 is 1.81 bits per heavy atom. The van der Waals surface area contributed by atoms with Gasteiger partial charge in [0.25, 0.3) is 11.8 Å². The molecule has 0 aliphatic carbocycles. The van der Waals surface area contributed by atoms with E-state index in [1.54, 1.807) is 31.1 Å². The molecule has 9 nitrogen and oxygen atoms in total. The number of aryl methyl sites for hydroxylation is 2. The number of aliphatic imine (C=N–C) groups is 1. The first kappa shape index (κ1) is 26.8. The Labute approximate surface area is 219 Å². The Hall–Kier alpha value is -3.24. The number of piperidine rings is 1. The predicted octanol–water partition coefficient (Wildman–Crippen LogP) is 2.02. The van der Waals surface area contributed by atoms with Crippen LogP contribution in [0.1, 0.15) is 39.9 Å². The molecule has 0 aromatic heterocycles. The molecule has 0 radical (unpaired) electrons. The largest absolute Gasteiger partial charge is 0.355 e. The lowest BCUT2D eigenvalue weighted by atomic mass is 9.89. The van der Waals surface area contributed by atoms with Crippen LogP contribution in [0, 0.1) is 6.92 Å². The number of nitrogens with zero attached hydrogens (tertiary/aromatic N) is 4. The zero-order valence-corrected chi connectivity index (χ0v) is 22.7. The van der Waals surface area contributed by atoms with Crippen LogP contribution in [-0.4, -0.2) is 85.8 Å². The number of carbonyl (C=O) groups excluding carboxylic acids is 2. The maximum absolute atomic E-state index is 13.2. The molecule has 0 saturated carbocycles. The molecule has 2 heterocycles. The Morgan fingerprint density at radius 1 is 1.14 bits per heavy atom. The average molecular weight is 526 g/mol. The third-order valence-corrected chi connectivity index (χ3v) is 9.20. The number of amides is 2. The smallest absolute Gasteiger partial charge is 0.257 e. The van der Waals surface area contributed by atoms with Crippen molar-refractivity contribution in [2.45, 2.75) is 38.3 Å². The van der Waals surface area contributed by atoms with Crippen molar-refractivity contribution in [3.63, 3.8) is 0 Å². The van der Waals surface area contributed by atoms with E-state index in [0.29, 0.717) is 37.3 Å². The lowest BCUT2D eigenvalue weighted by Crippen LogP contribution is -2.51.